The molecule has 1 fully saturated rings. The molecule has 0 spiro atoms. The second-order valence-electron chi connectivity index (χ2n) is 6.07. The van der Waals surface area contributed by atoms with Crippen LogP contribution in [0, 0.1) is 11.3 Å². The Bertz CT molecular complexity index is 935. The molecule has 0 amide bonds. The van der Waals surface area contributed by atoms with Gasteiger partial charge in [-0.15, -0.1) is 0 Å². The summed E-state index contributed by atoms with van der Waals surface area (Å²) >= 11 is 1.22. The lowest BCUT2D eigenvalue weighted by Crippen LogP contribution is -2.38. The van der Waals surface area contributed by atoms with Crippen molar-refractivity contribution < 1.29 is 0 Å². The normalized spacial score (nSPS) is 15.5. The Hall–Kier alpha value is -2.14. The summed E-state index contributed by atoms with van der Waals surface area (Å²) < 4.78 is 2.45. The van der Waals surface area contributed by atoms with Crippen LogP contribution in [0.2, 0.25) is 0 Å². The first-order valence-corrected chi connectivity index (χ1v) is 9.00. The highest BCUT2D eigenvalue weighted by molar-refractivity contribution is 7.99. The fourth-order valence-electron chi connectivity index (χ4n) is 3.19. The Morgan fingerprint density at radius 2 is 1.88 bits per heavy atom. The Morgan fingerprint density at radius 3 is 2.54 bits per heavy atom. The number of nitrogens with zero attached hydrogens (tertiary/aromatic N) is 5. The standard InChI is InChI=1S/C16H19N5O2S/c1-20-13-11(15(22)21(2)16(20)23)14(24-9-8-17)19-12(18-13)10-6-4-3-5-7-10/h10H,3-7,9H2,1-2H3. The molecule has 0 unspecified atom stereocenters. The molecule has 126 valence electrons. The van der Waals surface area contributed by atoms with Crippen LogP contribution in [0.15, 0.2) is 14.6 Å². The second kappa shape index (κ2) is 6.77. The first-order chi connectivity index (χ1) is 11.5. The van der Waals surface area contributed by atoms with Gasteiger partial charge in [-0.3, -0.25) is 13.9 Å². The molecule has 0 N–H and O–H groups in total. The second-order valence-corrected chi connectivity index (χ2v) is 7.04. The Labute approximate surface area is 143 Å². The first-order valence-electron chi connectivity index (χ1n) is 8.02. The van der Waals surface area contributed by atoms with Gasteiger partial charge in [-0.2, -0.15) is 5.26 Å². The predicted octanol–water partition coefficient (Wildman–Crippen LogP) is 1.69. The van der Waals surface area contributed by atoms with Crippen LogP contribution in [-0.4, -0.2) is 24.9 Å². The van der Waals surface area contributed by atoms with Crippen LogP contribution >= 0.6 is 11.8 Å². The summed E-state index contributed by atoms with van der Waals surface area (Å²) in [5.74, 6) is 1.14. The van der Waals surface area contributed by atoms with Crippen molar-refractivity contribution in [3.05, 3.63) is 26.7 Å². The van der Waals surface area contributed by atoms with Gasteiger partial charge in [0.1, 0.15) is 16.2 Å². The van der Waals surface area contributed by atoms with Crippen LogP contribution < -0.4 is 11.2 Å². The number of nitriles is 1. The Kier molecular flexibility index (Phi) is 4.71. The molecule has 2 aromatic rings. The minimum absolute atomic E-state index is 0.197. The van der Waals surface area contributed by atoms with E-state index in [4.69, 9.17) is 5.26 Å². The molecule has 3 rings (SSSR count). The average Bonchev–Trinajstić information content (AvgIpc) is 2.62. The number of aryl methyl sites for hydroxylation is 1. The first kappa shape index (κ1) is 16.7. The molecule has 0 saturated heterocycles. The fraction of sp³-hybridized carbons (Fsp3) is 0.562. The number of aromatic nitrogens is 4. The van der Waals surface area contributed by atoms with Gasteiger partial charge in [0.2, 0.25) is 0 Å². The zero-order chi connectivity index (χ0) is 17.3. The molecule has 7 nitrogen and oxygen atoms in total. The van der Waals surface area contributed by atoms with E-state index in [9.17, 15) is 9.59 Å². The lowest BCUT2D eigenvalue weighted by Gasteiger charge is -2.21. The van der Waals surface area contributed by atoms with Gasteiger partial charge in [-0.25, -0.2) is 14.8 Å². The third-order valence-electron chi connectivity index (χ3n) is 4.53. The maximum atomic E-state index is 12.5. The monoisotopic (exact) mass is 345 g/mol. The molecule has 1 aliphatic carbocycles. The lowest BCUT2D eigenvalue weighted by molar-refractivity contribution is 0.427. The van der Waals surface area contributed by atoms with Crippen molar-refractivity contribution in [1.82, 2.24) is 19.1 Å². The summed E-state index contributed by atoms with van der Waals surface area (Å²) in [5.41, 5.74) is -0.458. The van der Waals surface area contributed by atoms with Crippen molar-refractivity contribution >= 4 is 22.8 Å². The van der Waals surface area contributed by atoms with Gasteiger partial charge >= 0.3 is 5.69 Å². The van der Waals surface area contributed by atoms with Crippen LogP contribution in [0.25, 0.3) is 11.0 Å². The highest BCUT2D eigenvalue weighted by atomic mass is 32.2. The van der Waals surface area contributed by atoms with Crippen molar-refractivity contribution in [2.75, 3.05) is 5.75 Å². The van der Waals surface area contributed by atoms with Crippen LogP contribution in [0.3, 0.4) is 0 Å². The number of fused-ring (bicyclic) bond motifs is 1. The minimum Gasteiger partial charge on any atom is -0.280 e. The van der Waals surface area contributed by atoms with Gasteiger partial charge in [-0.1, -0.05) is 31.0 Å². The Balaban J connectivity index is 2.28. The number of hydrogen-bond donors (Lipinski definition) is 0. The summed E-state index contributed by atoms with van der Waals surface area (Å²) in [6.07, 6.45) is 5.54. The SMILES string of the molecule is Cn1c(=O)c2c(SCC#N)nc(C3CCCCC3)nc2n(C)c1=O. The molecule has 1 saturated carbocycles. The van der Waals surface area contributed by atoms with Crippen LogP contribution in [-0.2, 0) is 14.1 Å². The average molecular weight is 345 g/mol. The molecular formula is C16H19N5O2S. The van der Waals surface area contributed by atoms with Crippen LogP contribution in [0.5, 0.6) is 0 Å². The highest BCUT2D eigenvalue weighted by Gasteiger charge is 2.23. The lowest BCUT2D eigenvalue weighted by atomic mass is 9.89. The Morgan fingerprint density at radius 1 is 1.17 bits per heavy atom. The van der Waals surface area contributed by atoms with E-state index in [1.54, 1.807) is 7.05 Å². The van der Waals surface area contributed by atoms with E-state index in [2.05, 4.69) is 16.0 Å². The van der Waals surface area contributed by atoms with Crippen molar-refractivity contribution in [3.63, 3.8) is 0 Å². The van der Waals surface area contributed by atoms with Gasteiger partial charge in [0, 0.05) is 20.0 Å². The zero-order valence-electron chi connectivity index (χ0n) is 13.8. The largest absolute Gasteiger partial charge is 0.332 e. The molecule has 8 heteroatoms. The van der Waals surface area contributed by atoms with Gasteiger partial charge in [0.15, 0.2) is 5.65 Å². The van der Waals surface area contributed by atoms with E-state index in [-0.39, 0.29) is 11.7 Å². The molecule has 24 heavy (non-hydrogen) atoms. The van der Waals surface area contributed by atoms with Gasteiger partial charge < -0.3 is 0 Å². The van der Waals surface area contributed by atoms with Crippen LogP contribution in [0.4, 0.5) is 0 Å². The van der Waals surface area contributed by atoms with E-state index in [0.29, 0.717) is 21.9 Å². The zero-order valence-corrected chi connectivity index (χ0v) is 14.6. The third kappa shape index (κ3) is 2.84. The van der Waals surface area contributed by atoms with Crippen molar-refractivity contribution in [2.45, 2.75) is 43.0 Å². The van der Waals surface area contributed by atoms with Gasteiger partial charge in [-0.05, 0) is 12.8 Å². The van der Waals surface area contributed by atoms with E-state index in [1.165, 1.54) is 29.8 Å². The summed E-state index contributed by atoms with van der Waals surface area (Å²) in [6.45, 7) is 0. The maximum absolute atomic E-state index is 12.5. The third-order valence-corrected chi connectivity index (χ3v) is 5.37. The fourth-order valence-corrected chi connectivity index (χ4v) is 3.88. The predicted molar refractivity (Wildman–Crippen MR) is 92.2 cm³/mol. The molecular weight excluding hydrogens is 326 g/mol. The molecule has 1 aliphatic rings. The van der Waals surface area contributed by atoms with Gasteiger partial charge in [0.05, 0.1) is 11.8 Å². The van der Waals surface area contributed by atoms with E-state index >= 15 is 0 Å². The van der Waals surface area contributed by atoms with E-state index in [1.807, 2.05) is 0 Å². The molecule has 0 radical (unpaired) electrons. The van der Waals surface area contributed by atoms with E-state index < -0.39 is 11.2 Å². The van der Waals surface area contributed by atoms with E-state index in [0.717, 1.165) is 30.3 Å². The number of rotatable bonds is 3. The van der Waals surface area contributed by atoms with Crippen molar-refractivity contribution in [1.29, 1.82) is 5.26 Å². The molecule has 0 atom stereocenters. The summed E-state index contributed by atoms with van der Waals surface area (Å²) in [5, 5.41) is 9.70. The molecule has 0 aromatic carbocycles. The summed E-state index contributed by atoms with van der Waals surface area (Å²) in [7, 11) is 3.05. The number of thioether (sulfide) groups is 1. The molecule has 0 bridgehead atoms. The number of hydrogen-bond acceptors (Lipinski definition) is 6. The van der Waals surface area contributed by atoms with Crippen molar-refractivity contribution in [2.24, 2.45) is 14.1 Å². The molecule has 2 aromatic heterocycles. The van der Waals surface area contributed by atoms with Crippen molar-refractivity contribution in [3.8, 4) is 6.07 Å². The topological polar surface area (TPSA) is 93.6 Å². The van der Waals surface area contributed by atoms with Gasteiger partial charge in [0.25, 0.3) is 5.56 Å². The quantitative estimate of drug-likeness (QED) is 0.621. The summed E-state index contributed by atoms with van der Waals surface area (Å²) in [6, 6.07) is 2.07. The molecule has 0 aliphatic heterocycles. The highest BCUT2D eigenvalue weighted by Crippen LogP contribution is 2.32. The summed E-state index contributed by atoms with van der Waals surface area (Å²) in [4.78, 5) is 33.9. The smallest absolute Gasteiger partial charge is 0.280 e. The van der Waals surface area contributed by atoms with Crippen LogP contribution in [0.1, 0.15) is 43.8 Å². The maximum Gasteiger partial charge on any atom is 0.332 e. The minimum atomic E-state index is -0.413. The molecule has 2 heterocycles.